The van der Waals surface area contributed by atoms with Crippen molar-refractivity contribution in [3.63, 3.8) is 0 Å². The molecule has 0 saturated heterocycles. The number of fused-ring (bicyclic) bond motifs is 4. The molecule has 0 fully saturated rings. The van der Waals surface area contributed by atoms with Gasteiger partial charge in [-0.1, -0.05) is 36.4 Å². The summed E-state index contributed by atoms with van der Waals surface area (Å²) in [5, 5.41) is 5.50. The number of ether oxygens (including phenoxy) is 2. The Bertz CT molecular complexity index is 1510. The van der Waals surface area contributed by atoms with E-state index in [-0.39, 0.29) is 33.8 Å². The second kappa shape index (κ2) is 6.29. The molecule has 8 heteroatoms. The first-order valence-electron chi connectivity index (χ1n) is 10.4. The van der Waals surface area contributed by atoms with Crippen LogP contribution in [-0.4, -0.2) is 23.8 Å². The zero-order valence-corrected chi connectivity index (χ0v) is 17.2. The molecule has 4 heterocycles. The molecule has 0 unspecified atom stereocenters. The third-order valence-electron chi connectivity index (χ3n) is 6.28. The normalized spacial score (nSPS) is 21.4. The predicted octanol–water partition coefficient (Wildman–Crippen LogP) is 3.25. The van der Waals surface area contributed by atoms with E-state index in [1.807, 2.05) is 0 Å². The fraction of sp³-hybridized carbons (Fsp3) is 0. The van der Waals surface area contributed by atoms with Crippen LogP contribution in [0.25, 0.3) is 22.3 Å². The van der Waals surface area contributed by atoms with E-state index in [0.717, 1.165) is 0 Å². The van der Waals surface area contributed by atoms with Crippen molar-refractivity contribution >= 4 is 57.4 Å². The Morgan fingerprint density at radius 2 is 0.912 bits per heavy atom. The lowest BCUT2D eigenvalue weighted by Gasteiger charge is -2.04. The fourth-order valence-corrected chi connectivity index (χ4v) is 4.85. The van der Waals surface area contributed by atoms with Crippen LogP contribution in [0.3, 0.4) is 0 Å². The van der Waals surface area contributed by atoms with Gasteiger partial charge in [-0.15, -0.1) is 0 Å². The SMILES string of the molecule is O=C1Nc2ccccc2/C1=C1/C(=O)Oc2cc3c(cc21)OC(=O)/C3=C1\C(=O)Nc2ccccc21. The summed E-state index contributed by atoms with van der Waals surface area (Å²) in [5.74, 6) is -1.81. The number of carbonyl (C=O) groups is 4. The molecule has 2 amide bonds. The molecule has 0 atom stereocenters. The maximum absolute atomic E-state index is 12.9. The zero-order valence-electron chi connectivity index (χ0n) is 17.2. The van der Waals surface area contributed by atoms with Gasteiger partial charge in [-0.3, -0.25) is 9.59 Å². The Morgan fingerprint density at radius 1 is 0.500 bits per heavy atom. The monoisotopic (exact) mass is 448 g/mol. The van der Waals surface area contributed by atoms with E-state index in [0.29, 0.717) is 33.6 Å². The number of hydrogen-bond donors (Lipinski definition) is 2. The summed E-state index contributed by atoms with van der Waals surface area (Å²) < 4.78 is 11.0. The van der Waals surface area contributed by atoms with Gasteiger partial charge in [0.2, 0.25) is 0 Å². The highest BCUT2D eigenvalue weighted by atomic mass is 16.5. The van der Waals surface area contributed by atoms with Gasteiger partial charge in [0.1, 0.15) is 11.5 Å². The van der Waals surface area contributed by atoms with Crippen molar-refractivity contribution in [1.29, 1.82) is 0 Å². The van der Waals surface area contributed by atoms with Crippen LogP contribution >= 0.6 is 0 Å². The van der Waals surface area contributed by atoms with E-state index in [4.69, 9.17) is 9.47 Å². The standard InChI is InChI=1S/C26H12N2O6/c29-23-19(11-5-1-3-7-15(11)27-23)21-13-9-18-14(10-17(13)33-25(21)31)22(26(32)34-18)20-12-6-2-4-8-16(12)28-24(20)30/h1-10H,(H,27,29)(H,28,30)/b21-19-,22-20-. The first kappa shape index (κ1) is 18.6. The molecule has 3 aromatic carbocycles. The third kappa shape index (κ3) is 2.31. The van der Waals surface area contributed by atoms with Crippen LogP contribution in [0.1, 0.15) is 22.3 Å². The lowest BCUT2D eigenvalue weighted by molar-refractivity contribution is -0.127. The second-order valence-corrected chi connectivity index (χ2v) is 8.12. The molecule has 4 aliphatic heterocycles. The van der Waals surface area contributed by atoms with Gasteiger partial charge in [0.25, 0.3) is 11.8 Å². The topological polar surface area (TPSA) is 111 Å². The highest BCUT2D eigenvalue weighted by Crippen LogP contribution is 2.50. The maximum Gasteiger partial charge on any atom is 0.345 e. The molecule has 8 nitrogen and oxygen atoms in total. The summed E-state index contributed by atoms with van der Waals surface area (Å²) in [6.45, 7) is 0. The summed E-state index contributed by atoms with van der Waals surface area (Å²) in [6, 6.07) is 17.1. The minimum atomic E-state index is -0.676. The smallest absolute Gasteiger partial charge is 0.345 e. The van der Waals surface area contributed by atoms with Crippen LogP contribution in [0.5, 0.6) is 11.5 Å². The van der Waals surface area contributed by atoms with Gasteiger partial charge in [-0.05, 0) is 24.3 Å². The maximum atomic E-state index is 12.9. The van der Waals surface area contributed by atoms with Gasteiger partial charge >= 0.3 is 11.9 Å². The quantitative estimate of drug-likeness (QED) is 0.310. The number of hydrogen-bond acceptors (Lipinski definition) is 6. The molecule has 162 valence electrons. The molecule has 0 bridgehead atoms. The molecule has 0 radical (unpaired) electrons. The Hall–Kier alpha value is -4.98. The van der Waals surface area contributed by atoms with Crippen molar-refractivity contribution in [2.45, 2.75) is 0 Å². The zero-order chi connectivity index (χ0) is 23.1. The number of para-hydroxylation sites is 2. The van der Waals surface area contributed by atoms with Crippen molar-refractivity contribution in [3.8, 4) is 11.5 Å². The molecule has 4 aliphatic rings. The Balaban J connectivity index is 1.45. The largest absolute Gasteiger partial charge is 0.422 e. The highest BCUT2D eigenvalue weighted by molar-refractivity contribution is 6.47. The number of nitrogens with one attached hydrogen (secondary N) is 2. The minimum absolute atomic E-state index is 0.0985. The molecule has 3 aromatic rings. The summed E-state index contributed by atoms with van der Waals surface area (Å²) in [4.78, 5) is 51.2. The summed E-state index contributed by atoms with van der Waals surface area (Å²) >= 11 is 0. The summed E-state index contributed by atoms with van der Waals surface area (Å²) in [6.07, 6.45) is 0. The first-order chi connectivity index (χ1) is 16.5. The third-order valence-corrected chi connectivity index (χ3v) is 6.28. The van der Waals surface area contributed by atoms with Gasteiger partial charge in [-0.25, -0.2) is 9.59 Å². The number of carbonyl (C=O) groups excluding carboxylic acids is 4. The number of amides is 2. The van der Waals surface area contributed by atoms with Gasteiger partial charge in [-0.2, -0.15) is 0 Å². The Labute approximate surface area is 191 Å². The molecule has 0 aromatic heterocycles. The van der Waals surface area contributed by atoms with Crippen LogP contribution in [-0.2, 0) is 19.2 Å². The lowest BCUT2D eigenvalue weighted by atomic mass is 9.92. The predicted molar refractivity (Wildman–Crippen MR) is 121 cm³/mol. The van der Waals surface area contributed by atoms with E-state index < -0.39 is 23.8 Å². The van der Waals surface area contributed by atoms with Crippen molar-refractivity contribution in [3.05, 3.63) is 82.9 Å². The van der Waals surface area contributed by atoms with Crippen molar-refractivity contribution in [2.24, 2.45) is 0 Å². The van der Waals surface area contributed by atoms with Crippen LogP contribution in [0, 0.1) is 0 Å². The fourth-order valence-electron chi connectivity index (χ4n) is 4.85. The average Bonchev–Trinajstić information content (AvgIpc) is 3.51. The number of esters is 2. The van der Waals surface area contributed by atoms with Crippen molar-refractivity contribution < 1.29 is 28.7 Å². The van der Waals surface area contributed by atoms with Crippen LogP contribution in [0.4, 0.5) is 11.4 Å². The highest BCUT2D eigenvalue weighted by Gasteiger charge is 2.42. The molecule has 0 saturated carbocycles. The van der Waals surface area contributed by atoms with E-state index in [1.54, 1.807) is 48.5 Å². The first-order valence-corrected chi connectivity index (χ1v) is 10.4. The minimum Gasteiger partial charge on any atom is -0.422 e. The van der Waals surface area contributed by atoms with Crippen molar-refractivity contribution in [1.82, 2.24) is 0 Å². The van der Waals surface area contributed by atoms with Crippen molar-refractivity contribution in [2.75, 3.05) is 10.6 Å². The molecule has 34 heavy (non-hydrogen) atoms. The second-order valence-electron chi connectivity index (χ2n) is 8.12. The summed E-state index contributed by atoms with van der Waals surface area (Å²) in [5.41, 5.74) is 3.67. The summed E-state index contributed by atoms with van der Waals surface area (Å²) in [7, 11) is 0. The Morgan fingerprint density at radius 3 is 1.35 bits per heavy atom. The van der Waals surface area contributed by atoms with Gasteiger partial charge in [0, 0.05) is 33.6 Å². The number of rotatable bonds is 0. The van der Waals surface area contributed by atoms with Crippen LogP contribution < -0.4 is 20.1 Å². The molecule has 0 aliphatic carbocycles. The van der Waals surface area contributed by atoms with Gasteiger partial charge in [0.15, 0.2) is 0 Å². The van der Waals surface area contributed by atoms with Crippen LogP contribution in [0.2, 0.25) is 0 Å². The van der Waals surface area contributed by atoms with E-state index >= 15 is 0 Å². The molecular formula is C26H12N2O6. The lowest BCUT2D eigenvalue weighted by Crippen LogP contribution is -2.10. The van der Waals surface area contributed by atoms with Crippen LogP contribution in [0.15, 0.2) is 60.7 Å². The molecule has 2 N–H and O–H groups in total. The molecule has 7 rings (SSSR count). The number of benzene rings is 3. The van der Waals surface area contributed by atoms with Gasteiger partial charge < -0.3 is 20.1 Å². The van der Waals surface area contributed by atoms with E-state index in [9.17, 15) is 19.2 Å². The Kier molecular flexibility index (Phi) is 3.44. The van der Waals surface area contributed by atoms with E-state index in [1.165, 1.54) is 12.1 Å². The van der Waals surface area contributed by atoms with Gasteiger partial charge in [0.05, 0.1) is 22.3 Å². The number of anilines is 2. The molecule has 0 spiro atoms. The average molecular weight is 448 g/mol. The molecular weight excluding hydrogens is 436 g/mol. The van der Waals surface area contributed by atoms with E-state index in [2.05, 4.69) is 10.6 Å².